The van der Waals surface area contributed by atoms with E-state index in [1.165, 1.54) is 14.0 Å². The second kappa shape index (κ2) is 8.09. The lowest BCUT2D eigenvalue weighted by Crippen LogP contribution is -2.07. The van der Waals surface area contributed by atoms with Crippen molar-refractivity contribution in [3.8, 4) is 0 Å². The van der Waals surface area contributed by atoms with E-state index >= 15 is 0 Å². The largest absolute Gasteiger partial charge is 0.465 e. The Morgan fingerprint density at radius 2 is 1.81 bits per heavy atom. The second-order valence-corrected chi connectivity index (χ2v) is 5.69. The van der Waals surface area contributed by atoms with E-state index in [0.29, 0.717) is 34.3 Å². The van der Waals surface area contributed by atoms with Gasteiger partial charge >= 0.3 is 5.97 Å². The number of ether oxygens (including phenoxy) is 1. The molecule has 0 amide bonds. The Kier molecular flexibility index (Phi) is 5.41. The van der Waals surface area contributed by atoms with E-state index in [-0.39, 0.29) is 5.78 Å². The van der Waals surface area contributed by atoms with Crippen molar-refractivity contribution in [1.82, 2.24) is 9.97 Å². The number of nitrogens with one attached hydrogen (secondary N) is 2. The number of ketones is 1. The molecule has 2 aromatic carbocycles. The fourth-order valence-electron chi connectivity index (χ4n) is 2.45. The second-order valence-electron chi connectivity index (χ2n) is 5.69. The lowest BCUT2D eigenvalue weighted by molar-refractivity contribution is 0.0601. The first kappa shape index (κ1) is 18.1. The van der Waals surface area contributed by atoms with Gasteiger partial charge in [-0.2, -0.15) is 4.98 Å². The van der Waals surface area contributed by atoms with Gasteiger partial charge in [0.05, 0.1) is 18.4 Å². The van der Waals surface area contributed by atoms with Gasteiger partial charge in [-0.1, -0.05) is 24.3 Å². The Morgan fingerprint density at radius 3 is 2.59 bits per heavy atom. The van der Waals surface area contributed by atoms with Gasteiger partial charge in [-0.25, -0.2) is 9.78 Å². The summed E-state index contributed by atoms with van der Waals surface area (Å²) in [6, 6.07) is 15.8. The molecule has 3 aromatic rings. The topological polar surface area (TPSA) is 93.2 Å². The van der Waals surface area contributed by atoms with Crippen molar-refractivity contribution in [2.45, 2.75) is 6.92 Å². The zero-order valence-electron chi connectivity index (χ0n) is 14.9. The smallest absolute Gasteiger partial charge is 0.339 e. The van der Waals surface area contributed by atoms with E-state index in [1.807, 2.05) is 12.1 Å². The van der Waals surface area contributed by atoms with Crippen molar-refractivity contribution in [3.63, 3.8) is 0 Å². The maximum atomic E-state index is 11.9. The molecule has 0 saturated carbocycles. The molecule has 136 valence electrons. The molecule has 0 fully saturated rings. The first-order valence-electron chi connectivity index (χ1n) is 8.22. The Morgan fingerprint density at radius 1 is 1.00 bits per heavy atom. The van der Waals surface area contributed by atoms with Gasteiger partial charge in [-0.3, -0.25) is 4.79 Å². The van der Waals surface area contributed by atoms with E-state index in [1.54, 1.807) is 48.7 Å². The molecule has 27 heavy (non-hydrogen) atoms. The van der Waals surface area contributed by atoms with Gasteiger partial charge in [-0.15, -0.1) is 0 Å². The number of rotatable bonds is 6. The molecule has 0 radical (unpaired) electrons. The van der Waals surface area contributed by atoms with Crippen LogP contribution >= 0.6 is 0 Å². The summed E-state index contributed by atoms with van der Waals surface area (Å²) in [7, 11) is 1.33. The molecule has 7 nitrogen and oxygen atoms in total. The van der Waals surface area contributed by atoms with Crippen LogP contribution < -0.4 is 10.6 Å². The molecule has 0 aliphatic rings. The van der Waals surface area contributed by atoms with Crippen LogP contribution in [0.2, 0.25) is 0 Å². The average Bonchev–Trinajstić information content (AvgIpc) is 2.68. The molecule has 0 saturated heterocycles. The number of benzene rings is 2. The van der Waals surface area contributed by atoms with Crippen molar-refractivity contribution >= 4 is 34.9 Å². The van der Waals surface area contributed by atoms with Crippen LogP contribution in [0, 0.1) is 0 Å². The predicted molar refractivity (Wildman–Crippen MR) is 103 cm³/mol. The summed E-state index contributed by atoms with van der Waals surface area (Å²) in [6.07, 6.45) is 1.59. The molecule has 0 aliphatic heterocycles. The van der Waals surface area contributed by atoms with Crippen LogP contribution in [0.5, 0.6) is 0 Å². The van der Waals surface area contributed by atoms with Crippen molar-refractivity contribution < 1.29 is 14.3 Å². The number of hydrogen-bond donors (Lipinski definition) is 2. The van der Waals surface area contributed by atoms with Crippen LogP contribution in [0.1, 0.15) is 27.6 Å². The van der Waals surface area contributed by atoms with Crippen LogP contribution in [0.4, 0.5) is 23.1 Å². The molecule has 1 aromatic heterocycles. The van der Waals surface area contributed by atoms with Gasteiger partial charge in [-0.05, 0) is 37.3 Å². The Labute approximate surface area is 156 Å². The van der Waals surface area contributed by atoms with Crippen molar-refractivity contribution in [2.75, 3.05) is 17.7 Å². The van der Waals surface area contributed by atoms with E-state index in [2.05, 4.69) is 20.6 Å². The number of methoxy groups -OCH3 is 1. The third kappa shape index (κ3) is 4.46. The first-order valence-corrected chi connectivity index (χ1v) is 8.22. The Balaban J connectivity index is 1.82. The molecular weight excluding hydrogens is 344 g/mol. The minimum absolute atomic E-state index is 0.0191. The normalized spacial score (nSPS) is 10.1. The number of para-hydroxylation sites is 1. The van der Waals surface area contributed by atoms with Gasteiger partial charge in [0.2, 0.25) is 5.95 Å². The highest BCUT2D eigenvalue weighted by atomic mass is 16.5. The van der Waals surface area contributed by atoms with Gasteiger partial charge in [0.25, 0.3) is 0 Å². The highest BCUT2D eigenvalue weighted by molar-refractivity contribution is 5.96. The van der Waals surface area contributed by atoms with Crippen LogP contribution in [-0.2, 0) is 4.74 Å². The maximum absolute atomic E-state index is 11.9. The third-order valence-corrected chi connectivity index (χ3v) is 3.78. The van der Waals surface area contributed by atoms with Crippen LogP contribution in [-0.4, -0.2) is 28.8 Å². The van der Waals surface area contributed by atoms with Crippen LogP contribution in [0.25, 0.3) is 0 Å². The maximum Gasteiger partial charge on any atom is 0.339 e. The molecule has 1 heterocycles. The number of anilines is 4. The zero-order valence-corrected chi connectivity index (χ0v) is 14.9. The lowest BCUT2D eigenvalue weighted by Gasteiger charge is -2.11. The number of Topliss-reactive ketones (excluding diaryl/α,β-unsaturated/α-hetero) is 1. The molecule has 0 atom stereocenters. The van der Waals surface area contributed by atoms with Gasteiger partial charge in [0.15, 0.2) is 5.78 Å². The van der Waals surface area contributed by atoms with E-state index in [4.69, 9.17) is 4.74 Å². The number of hydrogen-bond acceptors (Lipinski definition) is 7. The zero-order chi connectivity index (χ0) is 19.2. The summed E-state index contributed by atoms with van der Waals surface area (Å²) < 4.78 is 4.80. The molecular formula is C20H18N4O3. The van der Waals surface area contributed by atoms with Crippen molar-refractivity contribution in [2.24, 2.45) is 0 Å². The summed E-state index contributed by atoms with van der Waals surface area (Å²) >= 11 is 0. The highest BCUT2D eigenvalue weighted by Crippen LogP contribution is 2.22. The minimum Gasteiger partial charge on any atom is -0.465 e. The molecule has 0 spiro atoms. The summed E-state index contributed by atoms with van der Waals surface area (Å²) in [4.78, 5) is 32.0. The first-order chi connectivity index (χ1) is 13.1. The van der Waals surface area contributed by atoms with Crippen molar-refractivity contribution in [1.29, 1.82) is 0 Å². The van der Waals surface area contributed by atoms with E-state index < -0.39 is 5.97 Å². The monoisotopic (exact) mass is 362 g/mol. The number of aromatic nitrogens is 2. The number of carbonyl (C=O) groups is 2. The molecule has 0 unspecified atom stereocenters. The van der Waals surface area contributed by atoms with E-state index in [9.17, 15) is 9.59 Å². The summed E-state index contributed by atoms with van der Waals surface area (Å²) in [5.74, 6) is 0.406. The molecule has 0 bridgehead atoms. The number of carbonyl (C=O) groups excluding carboxylic acids is 2. The Hall–Kier alpha value is -3.74. The summed E-state index contributed by atoms with van der Waals surface area (Å²) in [5.41, 5.74) is 2.28. The Bertz CT molecular complexity index is 988. The fraction of sp³-hybridized carbons (Fsp3) is 0.100. The van der Waals surface area contributed by atoms with Gasteiger partial charge < -0.3 is 15.4 Å². The van der Waals surface area contributed by atoms with Crippen molar-refractivity contribution in [3.05, 3.63) is 71.9 Å². The standard InChI is InChI=1S/C20H18N4O3/c1-13(25)14-6-5-7-15(12-14)22-20-21-11-10-18(24-20)23-17-9-4-3-8-16(17)19(26)27-2/h3-12H,1-2H3,(H2,21,22,23,24). The van der Waals surface area contributed by atoms with Gasteiger partial charge in [0.1, 0.15) is 5.82 Å². The SMILES string of the molecule is COC(=O)c1ccccc1Nc1ccnc(Nc2cccc(C(C)=O)c2)n1. The molecule has 2 N–H and O–H groups in total. The van der Waals surface area contributed by atoms with E-state index in [0.717, 1.165) is 0 Å². The summed E-state index contributed by atoms with van der Waals surface area (Å²) in [5, 5.41) is 6.17. The molecule has 7 heteroatoms. The third-order valence-electron chi connectivity index (χ3n) is 3.78. The predicted octanol–water partition coefficient (Wildman–Crippen LogP) is 3.95. The quantitative estimate of drug-likeness (QED) is 0.506. The summed E-state index contributed by atoms with van der Waals surface area (Å²) in [6.45, 7) is 1.51. The molecule has 3 rings (SSSR count). The lowest BCUT2D eigenvalue weighted by atomic mass is 10.1. The van der Waals surface area contributed by atoms with Gasteiger partial charge in [0, 0.05) is 17.4 Å². The molecule has 0 aliphatic carbocycles. The average molecular weight is 362 g/mol. The van der Waals surface area contributed by atoms with Crippen LogP contribution in [0.3, 0.4) is 0 Å². The highest BCUT2D eigenvalue weighted by Gasteiger charge is 2.12. The minimum atomic E-state index is -0.438. The number of esters is 1. The fourth-order valence-corrected chi connectivity index (χ4v) is 2.45. The van der Waals surface area contributed by atoms with Crippen LogP contribution in [0.15, 0.2) is 60.8 Å². The number of nitrogens with zero attached hydrogens (tertiary/aromatic N) is 2.